The largest absolute Gasteiger partial charge is 0.308 e. The molecule has 1 atom stereocenters. The summed E-state index contributed by atoms with van der Waals surface area (Å²) >= 11 is 16.5. The summed E-state index contributed by atoms with van der Waals surface area (Å²) < 4.78 is 2.12. The lowest BCUT2D eigenvalue weighted by atomic mass is 10.2. The van der Waals surface area contributed by atoms with Gasteiger partial charge in [0.1, 0.15) is 0 Å². The molecule has 0 aliphatic carbocycles. The van der Waals surface area contributed by atoms with Gasteiger partial charge in [-0.25, -0.2) is 0 Å². The zero-order chi connectivity index (χ0) is 11.7. The molecular formula is C10H8Br2ClNS2. The highest BCUT2D eigenvalue weighted by Gasteiger charge is 2.19. The number of hydrogen-bond donors (Lipinski definition) is 1. The van der Waals surface area contributed by atoms with E-state index in [2.05, 4.69) is 48.6 Å². The summed E-state index contributed by atoms with van der Waals surface area (Å²) in [6, 6.07) is 4.27. The van der Waals surface area contributed by atoms with Crippen molar-refractivity contribution in [2.45, 2.75) is 6.04 Å². The van der Waals surface area contributed by atoms with E-state index in [1.807, 2.05) is 13.1 Å². The molecule has 1 nitrogen and oxygen atoms in total. The molecule has 0 radical (unpaired) electrons. The van der Waals surface area contributed by atoms with Crippen LogP contribution in [0.15, 0.2) is 25.8 Å². The molecule has 2 rings (SSSR count). The molecule has 0 fully saturated rings. The molecule has 0 amide bonds. The maximum absolute atomic E-state index is 6.06. The van der Waals surface area contributed by atoms with Crippen molar-refractivity contribution in [3.63, 3.8) is 0 Å². The Hall–Kier alpha value is 0.610. The molecule has 0 bridgehead atoms. The number of thiophene rings is 2. The summed E-state index contributed by atoms with van der Waals surface area (Å²) in [4.78, 5) is 2.48. The molecule has 2 aromatic rings. The molecule has 86 valence electrons. The van der Waals surface area contributed by atoms with Crippen LogP contribution in [0.2, 0.25) is 5.02 Å². The molecule has 0 saturated carbocycles. The molecule has 1 unspecified atom stereocenters. The Balaban J connectivity index is 2.40. The van der Waals surface area contributed by atoms with Crippen molar-refractivity contribution in [3.05, 3.63) is 40.5 Å². The van der Waals surface area contributed by atoms with Crippen molar-refractivity contribution in [2.75, 3.05) is 7.05 Å². The summed E-state index contributed by atoms with van der Waals surface area (Å²) in [5, 5.41) is 6.16. The third-order valence-electron chi connectivity index (χ3n) is 2.14. The molecular weight excluding hydrogens is 394 g/mol. The normalized spacial score (nSPS) is 13.0. The van der Waals surface area contributed by atoms with Gasteiger partial charge in [-0.3, -0.25) is 0 Å². The highest BCUT2D eigenvalue weighted by molar-refractivity contribution is 9.11. The third kappa shape index (κ3) is 2.54. The average molecular weight is 402 g/mol. The molecule has 0 aliphatic rings. The van der Waals surface area contributed by atoms with E-state index in [1.54, 1.807) is 22.7 Å². The summed E-state index contributed by atoms with van der Waals surface area (Å²) in [5.41, 5.74) is 0. The minimum Gasteiger partial charge on any atom is -0.308 e. The highest BCUT2D eigenvalue weighted by Crippen LogP contribution is 2.40. The lowest BCUT2D eigenvalue weighted by Gasteiger charge is -2.13. The highest BCUT2D eigenvalue weighted by atomic mass is 79.9. The van der Waals surface area contributed by atoms with E-state index in [1.165, 1.54) is 9.75 Å². The fourth-order valence-corrected chi connectivity index (χ4v) is 5.09. The van der Waals surface area contributed by atoms with E-state index < -0.39 is 0 Å². The quantitative estimate of drug-likeness (QED) is 0.736. The fraction of sp³-hybridized carbons (Fsp3) is 0.200. The standard InChI is InChI=1S/C10H8Br2ClNS2/c1-14-8(9-5(11)2-3-15-9)7-4-6(13)10(12)16-7/h2-4,8,14H,1H3. The Morgan fingerprint density at radius 1 is 1.44 bits per heavy atom. The summed E-state index contributed by atoms with van der Waals surface area (Å²) in [5.74, 6) is 0. The lowest BCUT2D eigenvalue weighted by molar-refractivity contribution is 0.714. The Bertz CT molecular complexity index is 475. The second-order valence-electron chi connectivity index (χ2n) is 3.12. The van der Waals surface area contributed by atoms with Crippen LogP contribution in [0.4, 0.5) is 0 Å². The van der Waals surface area contributed by atoms with Crippen LogP contribution in [0, 0.1) is 0 Å². The second kappa shape index (κ2) is 5.50. The molecule has 0 aromatic carbocycles. The van der Waals surface area contributed by atoms with E-state index >= 15 is 0 Å². The van der Waals surface area contributed by atoms with Crippen LogP contribution in [0.25, 0.3) is 0 Å². The molecule has 2 heterocycles. The van der Waals surface area contributed by atoms with Gasteiger partial charge in [0.05, 0.1) is 14.9 Å². The Morgan fingerprint density at radius 3 is 2.62 bits per heavy atom. The van der Waals surface area contributed by atoms with E-state index in [0.29, 0.717) is 0 Å². The Kier molecular flexibility index (Phi) is 4.49. The molecule has 16 heavy (non-hydrogen) atoms. The van der Waals surface area contributed by atoms with Crippen LogP contribution < -0.4 is 5.32 Å². The zero-order valence-corrected chi connectivity index (χ0v) is 13.8. The minimum atomic E-state index is 0.197. The first-order chi connectivity index (χ1) is 7.63. The fourth-order valence-electron chi connectivity index (χ4n) is 1.42. The van der Waals surface area contributed by atoms with E-state index in [9.17, 15) is 0 Å². The average Bonchev–Trinajstić information content (AvgIpc) is 2.78. The van der Waals surface area contributed by atoms with Gasteiger partial charge in [-0.05, 0) is 56.4 Å². The van der Waals surface area contributed by atoms with E-state index in [4.69, 9.17) is 11.6 Å². The predicted octanol–water partition coefficient (Wildman–Crippen LogP) is 5.30. The van der Waals surface area contributed by atoms with E-state index in [-0.39, 0.29) is 6.04 Å². The first-order valence-electron chi connectivity index (χ1n) is 4.48. The first-order valence-corrected chi connectivity index (χ1v) is 8.14. The topological polar surface area (TPSA) is 12.0 Å². The van der Waals surface area contributed by atoms with Gasteiger partial charge in [-0.1, -0.05) is 11.6 Å². The lowest BCUT2D eigenvalue weighted by Crippen LogP contribution is -2.15. The van der Waals surface area contributed by atoms with Crippen LogP contribution >= 0.6 is 66.1 Å². The van der Waals surface area contributed by atoms with Gasteiger partial charge in [-0.2, -0.15) is 0 Å². The van der Waals surface area contributed by atoms with Gasteiger partial charge in [0.2, 0.25) is 0 Å². The van der Waals surface area contributed by atoms with Crippen molar-refractivity contribution in [1.82, 2.24) is 5.32 Å². The van der Waals surface area contributed by atoms with Crippen molar-refractivity contribution in [2.24, 2.45) is 0 Å². The van der Waals surface area contributed by atoms with Crippen LogP contribution in [-0.4, -0.2) is 7.05 Å². The van der Waals surface area contributed by atoms with Crippen molar-refractivity contribution in [3.8, 4) is 0 Å². The van der Waals surface area contributed by atoms with Gasteiger partial charge < -0.3 is 5.32 Å². The number of nitrogens with one attached hydrogen (secondary N) is 1. The van der Waals surface area contributed by atoms with E-state index in [0.717, 1.165) is 13.3 Å². The van der Waals surface area contributed by atoms with Gasteiger partial charge >= 0.3 is 0 Å². The molecule has 0 aliphatic heterocycles. The summed E-state index contributed by atoms with van der Waals surface area (Å²) in [7, 11) is 1.96. The number of hydrogen-bond acceptors (Lipinski definition) is 3. The number of halogens is 3. The second-order valence-corrected chi connectivity index (χ2v) is 7.74. The first kappa shape index (κ1) is 13.1. The number of rotatable bonds is 3. The van der Waals surface area contributed by atoms with Crippen LogP contribution in [0.5, 0.6) is 0 Å². The van der Waals surface area contributed by atoms with Gasteiger partial charge in [0, 0.05) is 14.2 Å². The molecule has 2 aromatic heterocycles. The monoisotopic (exact) mass is 399 g/mol. The predicted molar refractivity (Wildman–Crippen MR) is 80.0 cm³/mol. The molecule has 6 heteroatoms. The van der Waals surface area contributed by atoms with Crippen LogP contribution in [0.1, 0.15) is 15.8 Å². The maximum Gasteiger partial charge on any atom is 0.0888 e. The molecule has 1 N–H and O–H groups in total. The van der Waals surface area contributed by atoms with Crippen molar-refractivity contribution >= 4 is 66.1 Å². The summed E-state index contributed by atoms with van der Waals surface area (Å²) in [6.45, 7) is 0. The third-order valence-corrected chi connectivity index (χ3v) is 6.62. The Labute approximate surface area is 124 Å². The molecule has 0 spiro atoms. The van der Waals surface area contributed by atoms with Gasteiger partial charge in [0.15, 0.2) is 0 Å². The summed E-state index contributed by atoms with van der Waals surface area (Å²) in [6.07, 6.45) is 0. The Morgan fingerprint density at radius 2 is 2.19 bits per heavy atom. The van der Waals surface area contributed by atoms with Gasteiger partial charge in [-0.15, -0.1) is 22.7 Å². The molecule has 0 saturated heterocycles. The van der Waals surface area contributed by atoms with Crippen LogP contribution in [-0.2, 0) is 0 Å². The van der Waals surface area contributed by atoms with Crippen molar-refractivity contribution < 1.29 is 0 Å². The SMILES string of the molecule is CNC(c1cc(Cl)c(Br)s1)c1sccc1Br. The smallest absolute Gasteiger partial charge is 0.0888 e. The van der Waals surface area contributed by atoms with Gasteiger partial charge in [0.25, 0.3) is 0 Å². The maximum atomic E-state index is 6.06. The van der Waals surface area contributed by atoms with Crippen LogP contribution in [0.3, 0.4) is 0 Å². The minimum absolute atomic E-state index is 0.197. The van der Waals surface area contributed by atoms with Crippen molar-refractivity contribution in [1.29, 1.82) is 0 Å². The zero-order valence-electron chi connectivity index (χ0n) is 8.26.